The van der Waals surface area contributed by atoms with Crippen molar-refractivity contribution in [1.82, 2.24) is 9.80 Å². The molecule has 2 saturated heterocycles. The molecular weight excluding hydrogens is 1370 g/mol. The van der Waals surface area contributed by atoms with Gasteiger partial charge in [-0.3, -0.25) is 19.2 Å². The van der Waals surface area contributed by atoms with Crippen LogP contribution in [0.15, 0.2) is 213 Å². The monoisotopic (exact) mass is 1470 g/mol. The molecule has 12 rings (SSSR count). The molecule has 0 saturated carbocycles. The maximum Gasteiger partial charge on any atom is 0.253 e. The number of rotatable bonds is 18. The van der Waals surface area contributed by atoms with Crippen molar-refractivity contribution in [3.8, 4) is 0 Å². The number of carbonyl (C=O) groups is 2. The Morgan fingerprint density at radius 1 is 0.486 bits per heavy atom. The number of amides is 2. The summed E-state index contributed by atoms with van der Waals surface area (Å²) in [6, 6.07) is 58.1. The molecule has 3 N–H and O–H groups in total. The number of morpholine rings is 2. The number of nitrogens with zero attached hydrogens (tertiary/aromatic N) is 5. The molecule has 0 bridgehead atoms. The zero-order valence-electron chi connectivity index (χ0n) is 61.7. The molecule has 554 valence electrons. The average Bonchev–Trinajstić information content (AvgIpc) is 0.778. The lowest BCUT2D eigenvalue weighted by Crippen LogP contribution is -2.48. The summed E-state index contributed by atoms with van der Waals surface area (Å²) in [5, 5.41) is 28.8. The number of aliphatic hydroxyl groups excluding tert-OH is 2. The molecule has 2 aromatic heterocycles. The molecular formula is C83H96F4N6O10Si2. The number of halogens is 4. The maximum atomic E-state index is 13.9. The van der Waals surface area contributed by atoms with Crippen molar-refractivity contribution >= 4 is 95.2 Å². The summed E-state index contributed by atoms with van der Waals surface area (Å²) in [6.07, 6.45) is 0. The van der Waals surface area contributed by atoms with Gasteiger partial charge < -0.3 is 58.3 Å². The van der Waals surface area contributed by atoms with Crippen LogP contribution in [-0.4, -0.2) is 149 Å². The van der Waals surface area contributed by atoms with Crippen LogP contribution in [0.2, 0.25) is 10.1 Å². The highest BCUT2D eigenvalue weighted by atomic mass is 28.3. The Morgan fingerprint density at radius 2 is 0.819 bits per heavy atom. The van der Waals surface area contributed by atoms with E-state index in [9.17, 15) is 47.0 Å². The third-order valence-electron chi connectivity index (χ3n) is 18.7. The van der Waals surface area contributed by atoms with Crippen LogP contribution in [0.1, 0.15) is 99.3 Å². The minimum absolute atomic E-state index is 0.118. The van der Waals surface area contributed by atoms with E-state index in [1.807, 2.05) is 9.80 Å². The lowest BCUT2D eigenvalue weighted by molar-refractivity contribution is 0.0761. The number of anilines is 4. The fourth-order valence-electron chi connectivity index (χ4n) is 13.4. The summed E-state index contributed by atoms with van der Waals surface area (Å²) in [7, 11) is 2.49. The van der Waals surface area contributed by atoms with Gasteiger partial charge in [0.15, 0.2) is 22.6 Å². The Morgan fingerprint density at radius 3 is 1.16 bits per heavy atom. The highest BCUT2D eigenvalue weighted by Crippen LogP contribution is 2.36. The molecule has 22 heteroatoms. The summed E-state index contributed by atoms with van der Waals surface area (Å²) in [4.78, 5) is 60.5. The number of hydrogen-bond donors (Lipinski definition) is 3. The summed E-state index contributed by atoms with van der Waals surface area (Å²) >= 11 is 0. The van der Waals surface area contributed by atoms with Crippen LogP contribution >= 0.6 is 0 Å². The minimum atomic E-state index is -1.14. The fraction of sp³-hybridized carbons (Fsp3) is 0.325. The molecule has 0 radical (unpaired) electrons. The Hall–Kier alpha value is -9.69. The van der Waals surface area contributed by atoms with Gasteiger partial charge >= 0.3 is 0 Å². The normalized spacial score (nSPS) is 13.7. The number of likely N-dealkylation sites (N-methyl/N-ethyl adjacent to an activating group) is 2. The lowest BCUT2D eigenvalue weighted by atomic mass is 9.99. The van der Waals surface area contributed by atoms with E-state index in [1.54, 1.807) is 52.0 Å². The van der Waals surface area contributed by atoms with Gasteiger partial charge in [0.05, 0.1) is 62.5 Å². The Kier molecular flexibility index (Phi) is 27.5. The zero-order valence-corrected chi connectivity index (χ0v) is 64.0. The van der Waals surface area contributed by atoms with Crippen molar-refractivity contribution < 1.29 is 55.7 Å². The van der Waals surface area contributed by atoms with E-state index < -0.39 is 52.9 Å². The van der Waals surface area contributed by atoms with E-state index in [0.717, 1.165) is 24.3 Å². The van der Waals surface area contributed by atoms with E-state index in [0.29, 0.717) is 91.2 Å². The lowest BCUT2D eigenvalue weighted by Gasteiger charge is -2.30. The van der Waals surface area contributed by atoms with Gasteiger partial charge in [-0.15, -0.1) is 0 Å². The largest absolute Gasteiger partial charge is 0.440 e. The quantitative estimate of drug-likeness (QED) is 0.0545. The number of ether oxygens (including phenoxy) is 2. The summed E-state index contributed by atoms with van der Waals surface area (Å²) in [6.45, 7) is 21.8. The van der Waals surface area contributed by atoms with Gasteiger partial charge in [-0.05, 0) is 72.5 Å². The fourth-order valence-corrected chi connectivity index (χ4v) is 20.6. The number of aliphatic hydroxyl groups is 2. The van der Waals surface area contributed by atoms with Gasteiger partial charge in [0.25, 0.3) is 11.8 Å². The number of hydrogen-bond acceptors (Lipinski definition) is 14. The van der Waals surface area contributed by atoms with Crippen molar-refractivity contribution in [3.63, 3.8) is 0 Å². The van der Waals surface area contributed by atoms with Gasteiger partial charge in [-0.2, -0.15) is 0 Å². The van der Waals surface area contributed by atoms with Crippen LogP contribution in [0.3, 0.4) is 0 Å². The predicted octanol–water partition coefficient (Wildman–Crippen LogP) is 12.0. The molecule has 2 aliphatic heterocycles. The second-order valence-electron chi connectivity index (χ2n) is 28.6. The molecule has 2 aliphatic rings. The van der Waals surface area contributed by atoms with Crippen molar-refractivity contribution in [2.75, 3.05) is 120 Å². The second kappa shape index (κ2) is 36.3. The minimum Gasteiger partial charge on any atom is -0.440 e. The molecule has 8 aromatic carbocycles. The SMILES string of the molecule is CC(C)(C)[SiH](c1ccccc1)c1ccccc1.CC(C)(C)[SiH](c1ccccc1)c1ccccc1.CC(Nc1cc(F)cc(F)c1)c1cc(C(=O)N(C)CCO)cc2c(=O)cc(N3CCOCC3)oc12.CC(c1cc(C(=O)N(C)CCO)cc2c(=O)cc(N3CCOCC3)oc12)N(C)c1cc(F)cc(F)c1. The van der Waals surface area contributed by atoms with Gasteiger partial charge in [0, 0.05) is 118 Å². The van der Waals surface area contributed by atoms with E-state index in [1.165, 1.54) is 66.9 Å². The molecule has 4 heterocycles. The van der Waals surface area contributed by atoms with E-state index in [2.05, 4.69) is 168 Å². The summed E-state index contributed by atoms with van der Waals surface area (Å²) in [5.41, 5.74) is 1.87. The number of carbonyl (C=O) groups excluding carboxylic acids is 2. The second-order valence-corrected chi connectivity index (χ2v) is 36.4. The molecule has 0 spiro atoms. The van der Waals surface area contributed by atoms with E-state index in [4.69, 9.17) is 18.3 Å². The molecule has 2 unspecified atom stereocenters. The Labute approximate surface area is 615 Å². The first-order valence-electron chi connectivity index (χ1n) is 35.4. The molecule has 10 aromatic rings. The van der Waals surface area contributed by atoms with Gasteiger partial charge in [0.1, 0.15) is 52.0 Å². The van der Waals surface area contributed by atoms with Crippen LogP contribution in [0.25, 0.3) is 21.9 Å². The first kappa shape index (κ1) is 79.4. The van der Waals surface area contributed by atoms with Crippen LogP contribution in [0.4, 0.5) is 40.7 Å². The number of nitrogens with one attached hydrogen (secondary N) is 1. The van der Waals surface area contributed by atoms with E-state index >= 15 is 0 Å². The molecule has 2 atom stereocenters. The summed E-state index contributed by atoms with van der Waals surface area (Å²) < 4.78 is 78.6. The maximum absolute atomic E-state index is 13.9. The Balaban J connectivity index is 0.000000171. The van der Waals surface area contributed by atoms with Crippen LogP contribution in [-0.2, 0) is 9.47 Å². The highest BCUT2D eigenvalue weighted by molar-refractivity contribution is 6.88. The van der Waals surface area contributed by atoms with E-state index in [-0.39, 0.29) is 87.8 Å². The third kappa shape index (κ3) is 20.9. The van der Waals surface area contributed by atoms with Crippen LogP contribution in [0.5, 0.6) is 0 Å². The molecule has 105 heavy (non-hydrogen) atoms. The number of benzene rings is 8. The van der Waals surface area contributed by atoms with Gasteiger partial charge in [0.2, 0.25) is 0 Å². The Bertz CT molecular complexity index is 4440. The highest BCUT2D eigenvalue weighted by Gasteiger charge is 2.32. The zero-order chi connectivity index (χ0) is 75.7. The van der Waals surface area contributed by atoms with Crippen molar-refractivity contribution in [1.29, 1.82) is 0 Å². The molecule has 0 aliphatic carbocycles. The summed E-state index contributed by atoms with van der Waals surface area (Å²) in [5.74, 6) is -2.90. The molecule has 2 fully saturated rings. The third-order valence-corrected chi connectivity index (χ3v) is 26.3. The predicted molar refractivity (Wildman–Crippen MR) is 419 cm³/mol. The molecule has 2 amide bonds. The van der Waals surface area contributed by atoms with Crippen LogP contribution in [0, 0.1) is 23.3 Å². The first-order chi connectivity index (χ1) is 50.1. The van der Waals surface area contributed by atoms with Crippen molar-refractivity contribution in [3.05, 3.63) is 260 Å². The van der Waals surface area contributed by atoms with Crippen molar-refractivity contribution in [2.45, 2.75) is 77.6 Å². The topological polar surface area (TPSA) is 182 Å². The van der Waals surface area contributed by atoms with Crippen molar-refractivity contribution in [2.24, 2.45) is 0 Å². The smallest absolute Gasteiger partial charge is 0.253 e. The first-order valence-corrected chi connectivity index (χ1v) is 38.8. The van der Waals surface area contributed by atoms with Gasteiger partial charge in [-0.25, -0.2) is 17.6 Å². The number of fused-ring (bicyclic) bond motifs is 2. The standard InChI is InChI=1S/C26H29F2N3O5.C25H27F2N3O5.2C16H20Si/c1-16(30(3)20-13-18(27)12-19(28)14-20)21-10-17(26(34)29(2)4-7-32)11-22-23(33)15-24(36-25(21)22)31-5-8-35-9-6-31;1-15(28-19-12-17(26)11-18(27)13-19)20-9-16(25(33)29(2)3-6-31)10-21-22(32)14-23(35-24(20)21)30-4-7-34-8-5-30;2*1-16(2,3)17(14-10-6-4-7-11-14)15-12-8-5-9-13-15/h10-16,32H,4-9H2,1-3H3;9-15,28,31H,3-8H2,1-2H3;2*4-13,17H,1-3H3. The van der Waals surface area contributed by atoms with Gasteiger partial charge in [-0.1, -0.05) is 184 Å². The van der Waals surface area contributed by atoms with Crippen LogP contribution < -0.4 is 51.6 Å². The molecule has 16 nitrogen and oxygen atoms in total. The average molecular weight is 1470 g/mol.